The van der Waals surface area contributed by atoms with Crippen LogP contribution in [-0.4, -0.2) is 21.6 Å². The van der Waals surface area contributed by atoms with Gasteiger partial charge < -0.3 is 15.0 Å². The fourth-order valence-corrected chi connectivity index (χ4v) is 2.27. The van der Waals surface area contributed by atoms with Gasteiger partial charge in [-0.1, -0.05) is 36.4 Å². The highest BCUT2D eigenvalue weighted by atomic mass is 16.3. The number of amides is 1. The molecule has 0 aliphatic rings. The number of aromatic nitrogens is 1. The normalized spacial score (nSPS) is 13.4. The zero-order valence-electron chi connectivity index (χ0n) is 12.5. The topological polar surface area (TPSA) is 71.3 Å². The van der Waals surface area contributed by atoms with Gasteiger partial charge in [0.25, 0.3) is 5.56 Å². The lowest BCUT2D eigenvalue weighted by Crippen LogP contribution is -2.37. The highest BCUT2D eigenvalue weighted by molar-refractivity contribution is 5.76. The smallest absolute Gasteiger partial charge is 0.250 e. The van der Waals surface area contributed by atoms with Crippen LogP contribution in [0.15, 0.2) is 59.5 Å². The van der Waals surface area contributed by atoms with Gasteiger partial charge >= 0.3 is 0 Å². The SMILES string of the molecule is CC(CC(O)c1ccccc1)NC(=O)Cn1ccccc1=O. The van der Waals surface area contributed by atoms with Crippen molar-refractivity contribution in [2.75, 3.05) is 0 Å². The van der Waals surface area contributed by atoms with Crippen LogP contribution in [0, 0.1) is 0 Å². The van der Waals surface area contributed by atoms with Gasteiger partial charge in [0.1, 0.15) is 6.54 Å². The summed E-state index contributed by atoms with van der Waals surface area (Å²) >= 11 is 0. The largest absolute Gasteiger partial charge is 0.388 e. The van der Waals surface area contributed by atoms with E-state index in [4.69, 9.17) is 0 Å². The zero-order valence-corrected chi connectivity index (χ0v) is 12.5. The first-order chi connectivity index (χ1) is 10.6. The van der Waals surface area contributed by atoms with E-state index in [-0.39, 0.29) is 24.1 Å². The summed E-state index contributed by atoms with van der Waals surface area (Å²) in [5.74, 6) is -0.249. The van der Waals surface area contributed by atoms with Crippen LogP contribution < -0.4 is 10.9 Å². The van der Waals surface area contributed by atoms with E-state index >= 15 is 0 Å². The van der Waals surface area contributed by atoms with Gasteiger partial charge in [0.2, 0.25) is 5.91 Å². The Morgan fingerprint density at radius 1 is 1.18 bits per heavy atom. The van der Waals surface area contributed by atoms with Crippen molar-refractivity contribution < 1.29 is 9.90 Å². The number of nitrogens with one attached hydrogen (secondary N) is 1. The minimum atomic E-state index is -0.629. The predicted octanol–water partition coefficient (Wildman–Crippen LogP) is 1.48. The highest BCUT2D eigenvalue weighted by Crippen LogP contribution is 2.17. The minimum Gasteiger partial charge on any atom is -0.388 e. The Morgan fingerprint density at radius 2 is 1.86 bits per heavy atom. The molecule has 116 valence electrons. The molecular formula is C17H20N2O3. The van der Waals surface area contributed by atoms with E-state index in [9.17, 15) is 14.7 Å². The summed E-state index contributed by atoms with van der Waals surface area (Å²) in [6.07, 6.45) is 1.36. The van der Waals surface area contributed by atoms with E-state index in [0.717, 1.165) is 5.56 Å². The Kier molecular flexibility index (Phi) is 5.49. The summed E-state index contributed by atoms with van der Waals surface area (Å²) in [5, 5.41) is 12.9. The molecule has 2 N–H and O–H groups in total. The lowest BCUT2D eigenvalue weighted by atomic mass is 10.0. The molecule has 5 nitrogen and oxygen atoms in total. The molecule has 2 aromatic rings. The van der Waals surface area contributed by atoms with Gasteiger partial charge in [-0.25, -0.2) is 0 Å². The third-order valence-electron chi connectivity index (χ3n) is 3.38. The third kappa shape index (κ3) is 4.56. The van der Waals surface area contributed by atoms with Crippen molar-refractivity contribution in [1.82, 2.24) is 9.88 Å². The molecule has 2 rings (SSSR count). The molecule has 0 spiro atoms. The molecular weight excluding hydrogens is 280 g/mol. The van der Waals surface area contributed by atoms with Gasteiger partial charge in [-0.2, -0.15) is 0 Å². The molecule has 5 heteroatoms. The molecule has 0 saturated carbocycles. The molecule has 1 aromatic heterocycles. The highest BCUT2D eigenvalue weighted by Gasteiger charge is 2.14. The lowest BCUT2D eigenvalue weighted by Gasteiger charge is -2.18. The van der Waals surface area contributed by atoms with Crippen LogP contribution in [0.5, 0.6) is 0 Å². The number of rotatable bonds is 6. The maximum absolute atomic E-state index is 11.9. The number of carbonyl (C=O) groups excluding carboxylic acids is 1. The number of carbonyl (C=O) groups is 1. The van der Waals surface area contributed by atoms with Crippen molar-refractivity contribution in [2.24, 2.45) is 0 Å². The summed E-state index contributed by atoms with van der Waals surface area (Å²) in [7, 11) is 0. The second-order valence-corrected chi connectivity index (χ2v) is 5.30. The van der Waals surface area contributed by atoms with Crippen molar-refractivity contribution in [1.29, 1.82) is 0 Å². The van der Waals surface area contributed by atoms with Crippen LogP contribution in [0.4, 0.5) is 0 Å². The van der Waals surface area contributed by atoms with Crippen LogP contribution in [0.3, 0.4) is 0 Å². The molecule has 0 aliphatic carbocycles. The van der Waals surface area contributed by atoms with Crippen molar-refractivity contribution in [3.63, 3.8) is 0 Å². The number of benzene rings is 1. The summed E-state index contributed by atoms with van der Waals surface area (Å²) in [5.41, 5.74) is 0.609. The van der Waals surface area contributed by atoms with Crippen LogP contribution in [0.2, 0.25) is 0 Å². The van der Waals surface area contributed by atoms with E-state index in [1.807, 2.05) is 37.3 Å². The van der Waals surface area contributed by atoms with Crippen LogP contribution in [-0.2, 0) is 11.3 Å². The number of aliphatic hydroxyl groups excluding tert-OH is 1. The van der Waals surface area contributed by atoms with Crippen molar-refractivity contribution in [2.45, 2.75) is 32.0 Å². The number of pyridine rings is 1. The van der Waals surface area contributed by atoms with Gasteiger partial charge in [0.15, 0.2) is 0 Å². The average Bonchev–Trinajstić information content (AvgIpc) is 2.50. The minimum absolute atomic E-state index is 0.0224. The van der Waals surface area contributed by atoms with Gasteiger partial charge in [-0.05, 0) is 25.0 Å². The molecule has 22 heavy (non-hydrogen) atoms. The van der Waals surface area contributed by atoms with Gasteiger partial charge in [0.05, 0.1) is 6.10 Å². The van der Waals surface area contributed by atoms with E-state index in [2.05, 4.69) is 5.32 Å². The Morgan fingerprint density at radius 3 is 2.55 bits per heavy atom. The molecule has 1 aromatic carbocycles. The Bertz CT molecular complexity index is 667. The molecule has 0 bridgehead atoms. The fraction of sp³-hybridized carbons (Fsp3) is 0.294. The molecule has 1 heterocycles. The molecule has 0 saturated heterocycles. The second-order valence-electron chi connectivity index (χ2n) is 5.30. The van der Waals surface area contributed by atoms with Crippen molar-refractivity contribution in [3.8, 4) is 0 Å². The third-order valence-corrected chi connectivity index (χ3v) is 3.38. The van der Waals surface area contributed by atoms with Gasteiger partial charge in [0, 0.05) is 18.3 Å². The van der Waals surface area contributed by atoms with Gasteiger partial charge in [-0.3, -0.25) is 9.59 Å². The summed E-state index contributed by atoms with van der Waals surface area (Å²) < 4.78 is 1.34. The quantitative estimate of drug-likeness (QED) is 0.849. The van der Waals surface area contributed by atoms with Crippen LogP contribution in [0.25, 0.3) is 0 Å². The summed E-state index contributed by atoms with van der Waals surface area (Å²) in [6, 6.07) is 13.9. The maximum Gasteiger partial charge on any atom is 0.250 e. The second kappa shape index (κ2) is 7.56. The number of aliphatic hydroxyl groups is 1. The van der Waals surface area contributed by atoms with E-state index in [1.165, 1.54) is 10.6 Å². The Hall–Kier alpha value is -2.40. The van der Waals surface area contributed by atoms with Crippen LogP contribution >= 0.6 is 0 Å². The number of hydrogen-bond donors (Lipinski definition) is 2. The molecule has 0 fully saturated rings. The summed E-state index contributed by atoms with van der Waals surface area (Å²) in [6.45, 7) is 1.81. The van der Waals surface area contributed by atoms with E-state index < -0.39 is 6.10 Å². The maximum atomic E-state index is 11.9. The lowest BCUT2D eigenvalue weighted by molar-refractivity contribution is -0.122. The predicted molar refractivity (Wildman–Crippen MR) is 84.3 cm³/mol. The molecule has 2 atom stereocenters. The number of nitrogens with zero attached hydrogens (tertiary/aromatic N) is 1. The van der Waals surface area contributed by atoms with Crippen LogP contribution in [0.1, 0.15) is 25.0 Å². The van der Waals surface area contributed by atoms with E-state index in [1.54, 1.807) is 18.3 Å². The molecule has 0 aliphatic heterocycles. The molecule has 0 radical (unpaired) electrons. The Labute approximate surface area is 129 Å². The standard InChI is InChI=1S/C17H20N2O3/c1-13(11-15(20)14-7-3-2-4-8-14)18-16(21)12-19-10-6-5-9-17(19)22/h2-10,13,15,20H,11-12H2,1H3,(H,18,21). The van der Waals surface area contributed by atoms with Gasteiger partial charge in [-0.15, -0.1) is 0 Å². The summed E-state index contributed by atoms with van der Waals surface area (Å²) in [4.78, 5) is 23.5. The van der Waals surface area contributed by atoms with Crippen molar-refractivity contribution >= 4 is 5.91 Å². The first-order valence-electron chi connectivity index (χ1n) is 7.24. The molecule has 1 amide bonds. The zero-order chi connectivity index (χ0) is 15.9. The average molecular weight is 300 g/mol. The first kappa shape index (κ1) is 16.0. The first-order valence-corrected chi connectivity index (χ1v) is 7.24. The monoisotopic (exact) mass is 300 g/mol. The number of hydrogen-bond acceptors (Lipinski definition) is 3. The van der Waals surface area contributed by atoms with E-state index in [0.29, 0.717) is 6.42 Å². The Balaban J connectivity index is 1.86. The van der Waals surface area contributed by atoms with Crippen molar-refractivity contribution in [3.05, 3.63) is 70.6 Å². The fourth-order valence-electron chi connectivity index (χ4n) is 2.27. The molecule has 2 unspecified atom stereocenters.